The van der Waals surface area contributed by atoms with Gasteiger partial charge < -0.3 is 9.16 Å². The molecule has 4 nitrogen and oxygen atoms in total. The highest BCUT2D eigenvalue weighted by molar-refractivity contribution is 8.00. The summed E-state index contributed by atoms with van der Waals surface area (Å²) in [5.41, 5.74) is 0. The minimum atomic E-state index is -2.89. The van der Waals surface area contributed by atoms with E-state index in [9.17, 15) is 9.59 Å². The van der Waals surface area contributed by atoms with Crippen molar-refractivity contribution in [3.05, 3.63) is 115 Å². The van der Waals surface area contributed by atoms with E-state index in [-0.39, 0.29) is 34.2 Å². The zero-order valence-electron chi connectivity index (χ0n) is 30.9. The van der Waals surface area contributed by atoms with E-state index in [2.05, 4.69) is 143 Å². The van der Waals surface area contributed by atoms with Crippen LogP contribution in [0.5, 0.6) is 0 Å². The number of allylic oxidation sites excluding steroid dienone is 3. The first kappa shape index (κ1) is 39.6. The van der Waals surface area contributed by atoms with Gasteiger partial charge in [-0.2, -0.15) is 0 Å². The van der Waals surface area contributed by atoms with Crippen LogP contribution in [0.25, 0.3) is 0 Å². The Kier molecular flexibility index (Phi) is 15.8. The summed E-state index contributed by atoms with van der Waals surface area (Å²) < 4.78 is 12.9. The topological polar surface area (TPSA) is 52.6 Å². The van der Waals surface area contributed by atoms with Crippen LogP contribution in [0.15, 0.2) is 120 Å². The summed E-state index contributed by atoms with van der Waals surface area (Å²) in [7, 11) is -2.89. The number of carbonyl (C=O) groups is 2. The quantitative estimate of drug-likeness (QED) is 0.0408. The predicted molar refractivity (Wildman–Crippen MR) is 213 cm³/mol. The van der Waals surface area contributed by atoms with E-state index >= 15 is 0 Å². The second kappa shape index (κ2) is 20.0. The van der Waals surface area contributed by atoms with E-state index in [0.717, 1.165) is 44.9 Å². The molecule has 4 rings (SSSR count). The molecule has 1 aliphatic rings. The Hall–Kier alpha value is -3.19. The number of Topliss-reactive ketones (excluding diaryl/α,β-unsaturated/α-hetero) is 1. The molecule has 0 spiro atoms. The summed E-state index contributed by atoms with van der Waals surface area (Å²) in [6.07, 6.45) is 16.3. The molecule has 0 aliphatic heterocycles. The van der Waals surface area contributed by atoms with Gasteiger partial charge in [-0.05, 0) is 60.2 Å². The number of rotatable bonds is 19. The molecule has 1 fully saturated rings. The Morgan fingerprint density at radius 1 is 0.860 bits per heavy atom. The average Bonchev–Trinajstić information content (AvgIpc) is 3.42. The summed E-state index contributed by atoms with van der Waals surface area (Å²) >= 11 is 1.86. The molecule has 1 unspecified atom stereocenters. The lowest BCUT2D eigenvalue weighted by Crippen LogP contribution is -2.68. The number of esters is 1. The van der Waals surface area contributed by atoms with Crippen molar-refractivity contribution >= 4 is 42.2 Å². The summed E-state index contributed by atoms with van der Waals surface area (Å²) in [6, 6.07) is 32.2. The van der Waals surface area contributed by atoms with Crippen LogP contribution in [0, 0.1) is 11.8 Å². The highest BCUT2D eigenvalue weighted by Gasteiger charge is 2.55. The van der Waals surface area contributed by atoms with Crippen LogP contribution in [0.3, 0.4) is 0 Å². The molecule has 1 saturated carbocycles. The minimum absolute atomic E-state index is 0.0380. The molecular formula is C44H58O4SSi. The molecule has 0 heterocycles. The zero-order valence-corrected chi connectivity index (χ0v) is 32.7. The lowest BCUT2D eigenvalue weighted by molar-refractivity contribution is -0.143. The van der Waals surface area contributed by atoms with Gasteiger partial charge in [-0.3, -0.25) is 9.59 Å². The first-order valence-corrected chi connectivity index (χ1v) is 21.5. The molecule has 0 saturated heterocycles. The highest BCUT2D eigenvalue weighted by Crippen LogP contribution is 2.47. The molecule has 1 aliphatic carbocycles. The third-order valence-electron chi connectivity index (χ3n) is 9.79. The maximum Gasteiger partial charge on any atom is 0.305 e. The first-order valence-electron chi connectivity index (χ1n) is 18.7. The maximum absolute atomic E-state index is 14.2. The zero-order chi connectivity index (χ0) is 35.8. The molecule has 6 heteroatoms. The number of unbranched alkanes of at least 4 members (excludes halogenated alkanes) is 3. The minimum Gasteiger partial charge on any atom is -0.466 e. The van der Waals surface area contributed by atoms with Gasteiger partial charge in [0.25, 0.3) is 8.32 Å². The summed E-state index contributed by atoms with van der Waals surface area (Å²) in [5, 5.41) is 2.38. The van der Waals surface area contributed by atoms with Crippen molar-refractivity contribution in [3.63, 3.8) is 0 Å². The van der Waals surface area contributed by atoms with Crippen molar-refractivity contribution in [1.29, 1.82) is 0 Å². The first-order chi connectivity index (χ1) is 24.2. The standard InChI is InChI=1S/C44H58O4SSi/c1-6-8-16-31-38-39(45)34-40(48-50(44(3,4)5,36-27-19-14-20-28-36)37-29-21-15-22-30-37)43(38)41(49-35-25-17-13-18-26-35)32-23-11-9-10-12-24-33-42(46)47-7-2/h9-10,13-15,17-23,25-30,32,38,40-41,43H,6-8,11-12,16,24,31,33-34H2,1-5H3/b10-9-,32-23-/t38?,40-,41+,43-/m0/s1. The molecule has 0 radical (unpaired) electrons. The van der Waals surface area contributed by atoms with Crippen LogP contribution in [0.4, 0.5) is 0 Å². The van der Waals surface area contributed by atoms with Crippen LogP contribution in [-0.4, -0.2) is 38.0 Å². The molecule has 0 N–H and O–H groups in total. The van der Waals surface area contributed by atoms with E-state index in [4.69, 9.17) is 9.16 Å². The molecule has 268 valence electrons. The molecule has 3 aromatic carbocycles. The van der Waals surface area contributed by atoms with Crippen molar-refractivity contribution < 1.29 is 18.8 Å². The summed E-state index contributed by atoms with van der Waals surface area (Å²) in [4.78, 5) is 27.1. The average molecular weight is 711 g/mol. The van der Waals surface area contributed by atoms with Crippen LogP contribution >= 0.6 is 11.8 Å². The van der Waals surface area contributed by atoms with Crippen molar-refractivity contribution in [3.8, 4) is 0 Å². The molecule has 0 amide bonds. The van der Waals surface area contributed by atoms with Gasteiger partial charge in [0.05, 0.1) is 12.7 Å². The Balaban J connectivity index is 1.71. The van der Waals surface area contributed by atoms with Gasteiger partial charge in [0.1, 0.15) is 5.78 Å². The van der Waals surface area contributed by atoms with Crippen LogP contribution < -0.4 is 10.4 Å². The van der Waals surface area contributed by atoms with Gasteiger partial charge in [0.2, 0.25) is 0 Å². The number of thioether (sulfide) groups is 1. The van der Waals surface area contributed by atoms with Crippen molar-refractivity contribution in [2.75, 3.05) is 6.61 Å². The van der Waals surface area contributed by atoms with Gasteiger partial charge in [0, 0.05) is 34.8 Å². The Bertz CT molecular complexity index is 1460. The lowest BCUT2D eigenvalue weighted by Gasteiger charge is -2.46. The SMILES string of the molecule is CCCCCC1C(=O)C[C@H](O[Si](c2ccccc2)(c2ccccc2)C(C)(C)C)[C@H]1[C@@H](/C=C\C/C=C\CCCC(=O)OCC)Sc1ccccc1. The third kappa shape index (κ3) is 10.7. The molecule has 0 aromatic heterocycles. The number of hydrogen-bond donors (Lipinski definition) is 0. The van der Waals surface area contributed by atoms with Gasteiger partial charge >= 0.3 is 5.97 Å². The molecule has 4 atom stereocenters. The second-order valence-corrected chi connectivity index (χ2v) is 19.9. The van der Waals surface area contributed by atoms with Gasteiger partial charge in [-0.25, -0.2) is 0 Å². The monoisotopic (exact) mass is 710 g/mol. The van der Waals surface area contributed by atoms with Crippen molar-refractivity contribution in [2.45, 2.75) is 114 Å². The molecule has 3 aromatic rings. The van der Waals surface area contributed by atoms with E-state index in [1.54, 1.807) is 0 Å². The van der Waals surface area contributed by atoms with Crippen LogP contribution in [0.1, 0.15) is 92.4 Å². The fraction of sp³-hybridized carbons (Fsp3) is 0.455. The molecule has 0 bridgehead atoms. The van der Waals surface area contributed by atoms with Gasteiger partial charge in [-0.15, -0.1) is 11.8 Å². The Labute approximate surface area is 307 Å². The van der Waals surface area contributed by atoms with Crippen LogP contribution in [0.2, 0.25) is 5.04 Å². The summed E-state index contributed by atoms with van der Waals surface area (Å²) in [5.74, 6) is 0.212. The third-order valence-corrected chi connectivity index (χ3v) is 16.1. The number of ether oxygens (including phenoxy) is 1. The fourth-order valence-corrected chi connectivity index (χ4v) is 13.5. The smallest absolute Gasteiger partial charge is 0.305 e. The number of carbonyl (C=O) groups excluding carboxylic acids is 2. The van der Waals surface area contributed by atoms with Crippen LogP contribution in [-0.2, 0) is 18.8 Å². The molecule has 50 heavy (non-hydrogen) atoms. The normalized spacial score (nSPS) is 19.0. The second-order valence-electron chi connectivity index (χ2n) is 14.4. The van der Waals surface area contributed by atoms with Crippen molar-refractivity contribution in [1.82, 2.24) is 0 Å². The lowest BCUT2D eigenvalue weighted by atomic mass is 9.86. The van der Waals surface area contributed by atoms with Gasteiger partial charge in [0.15, 0.2) is 0 Å². The van der Waals surface area contributed by atoms with E-state index < -0.39 is 8.32 Å². The van der Waals surface area contributed by atoms with E-state index in [1.165, 1.54) is 15.3 Å². The van der Waals surface area contributed by atoms with Crippen molar-refractivity contribution in [2.24, 2.45) is 11.8 Å². The fourth-order valence-electron chi connectivity index (χ4n) is 7.41. The largest absolute Gasteiger partial charge is 0.466 e. The van der Waals surface area contributed by atoms with E-state index in [0.29, 0.717) is 25.2 Å². The number of hydrogen-bond acceptors (Lipinski definition) is 5. The number of benzene rings is 3. The highest BCUT2D eigenvalue weighted by atomic mass is 32.2. The number of ketones is 1. The molecular weight excluding hydrogens is 653 g/mol. The Morgan fingerprint density at radius 2 is 1.48 bits per heavy atom. The Morgan fingerprint density at radius 3 is 2.06 bits per heavy atom. The summed E-state index contributed by atoms with van der Waals surface area (Å²) in [6.45, 7) is 11.4. The maximum atomic E-state index is 14.2. The predicted octanol–water partition coefficient (Wildman–Crippen LogP) is 10.1. The van der Waals surface area contributed by atoms with Gasteiger partial charge in [-0.1, -0.05) is 150 Å². The van der Waals surface area contributed by atoms with E-state index in [1.807, 2.05) is 18.7 Å².